The van der Waals surface area contributed by atoms with Crippen LogP contribution in [0.1, 0.15) is 13.8 Å². The fourth-order valence-electron chi connectivity index (χ4n) is 1.49. The fraction of sp³-hybridized carbons (Fsp3) is 0.385. The zero-order valence-corrected chi connectivity index (χ0v) is 11.6. The van der Waals surface area contributed by atoms with Crippen molar-refractivity contribution in [1.82, 2.24) is 4.90 Å². The summed E-state index contributed by atoms with van der Waals surface area (Å²) in [5, 5.41) is 9.26. The second-order valence-electron chi connectivity index (χ2n) is 4.26. The van der Waals surface area contributed by atoms with Crippen molar-refractivity contribution < 1.29 is 19.4 Å². The lowest BCUT2D eigenvalue weighted by atomic mass is 10.3. The Hall–Kier alpha value is -1.75. The third-order valence-electron chi connectivity index (χ3n) is 2.41. The summed E-state index contributed by atoms with van der Waals surface area (Å²) in [6.07, 6.45) is 0. The number of aliphatic carboxylic acids is 1. The number of carboxylic acids is 1. The molecule has 1 N–H and O–H groups in total. The van der Waals surface area contributed by atoms with Gasteiger partial charge in [-0.3, -0.25) is 9.59 Å². The molecule has 19 heavy (non-hydrogen) atoms. The van der Waals surface area contributed by atoms with Crippen LogP contribution >= 0.6 is 11.6 Å². The molecule has 0 saturated heterocycles. The maximum Gasteiger partial charge on any atom is 0.323 e. The van der Waals surface area contributed by atoms with Crippen LogP contribution in [0, 0.1) is 0 Å². The molecule has 0 radical (unpaired) electrons. The van der Waals surface area contributed by atoms with Gasteiger partial charge in [-0.15, -0.1) is 0 Å². The Balaban J connectivity index is 2.59. The molecule has 1 rings (SSSR count). The van der Waals surface area contributed by atoms with Crippen molar-refractivity contribution in [2.24, 2.45) is 0 Å². The molecule has 104 valence electrons. The summed E-state index contributed by atoms with van der Waals surface area (Å²) in [5.41, 5.74) is 0. The van der Waals surface area contributed by atoms with E-state index in [-0.39, 0.29) is 25.1 Å². The van der Waals surface area contributed by atoms with Gasteiger partial charge in [-0.25, -0.2) is 0 Å². The molecule has 0 aliphatic rings. The van der Waals surface area contributed by atoms with E-state index in [1.807, 2.05) is 0 Å². The van der Waals surface area contributed by atoms with Crippen LogP contribution in [-0.4, -0.2) is 41.1 Å². The van der Waals surface area contributed by atoms with E-state index >= 15 is 0 Å². The topological polar surface area (TPSA) is 66.8 Å². The Morgan fingerprint density at radius 1 is 1.42 bits per heavy atom. The fourth-order valence-corrected chi connectivity index (χ4v) is 1.67. The van der Waals surface area contributed by atoms with Crippen LogP contribution < -0.4 is 4.74 Å². The number of benzene rings is 1. The zero-order valence-electron chi connectivity index (χ0n) is 10.8. The van der Waals surface area contributed by atoms with Gasteiger partial charge in [-0.05, 0) is 32.0 Å². The smallest absolute Gasteiger partial charge is 0.323 e. The Bertz CT molecular complexity index is 462. The second kappa shape index (κ2) is 6.99. The summed E-state index contributed by atoms with van der Waals surface area (Å²) in [5.74, 6) is -0.956. The molecule has 0 saturated carbocycles. The molecule has 0 spiro atoms. The Morgan fingerprint density at radius 3 is 2.63 bits per heavy atom. The lowest BCUT2D eigenvalue weighted by Gasteiger charge is -2.24. The number of halogens is 1. The number of nitrogens with zero attached hydrogens (tertiary/aromatic N) is 1. The minimum absolute atomic E-state index is 0.202. The van der Waals surface area contributed by atoms with Crippen LogP contribution in [0.5, 0.6) is 5.75 Å². The lowest BCUT2D eigenvalue weighted by molar-refractivity contribution is -0.146. The number of rotatable bonds is 6. The van der Waals surface area contributed by atoms with E-state index in [1.54, 1.807) is 38.1 Å². The third-order valence-corrected chi connectivity index (χ3v) is 2.64. The average Bonchev–Trinajstić information content (AvgIpc) is 2.32. The molecule has 1 amide bonds. The molecule has 0 heterocycles. The zero-order chi connectivity index (χ0) is 14.4. The Kier molecular flexibility index (Phi) is 5.63. The number of carboxylic acid groups (broad SMARTS) is 1. The standard InChI is InChI=1S/C13H16ClNO4/c1-9(2)15(7-13(17)18)12(16)8-19-11-5-3-4-10(14)6-11/h3-6,9H,7-8H2,1-2H3,(H,17,18). The number of carbonyl (C=O) groups is 2. The Labute approximate surface area is 116 Å². The summed E-state index contributed by atoms with van der Waals surface area (Å²) >= 11 is 5.79. The van der Waals surface area contributed by atoms with E-state index in [1.165, 1.54) is 4.90 Å². The molecule has 1 aromatic carbocycles. The summed E-state index contributed by atoms with van der Waals surface area (Å²) < 4.78 is 5.29. The summed E-state index contributed by atoms with van der Waals surface area (Å²) in [6.45, 7) is 2.95. The predicted octanol–water partition coefficient (Wildman–Crippen LogP) is 2.04. The van der Waals surface area contributed by atoms with Crippen molar-refractivity contribution in [2.45, 2.75) is 19.9 Å². The van der Waals surface area contributed by atoms with Gasteiger partial charge in [0.2, 0.25) is 0 Å². The van der Waals surface area contributed by atoms with E-state index < -0.39 is 5.97 Å². The van der Waals surface area contributed by atoms with Crippen molar-refractivity contribution in [3.63, 3.8) is 0 Å². The van der Waals surface area contributed by atoms with Gasteiger partial charge in [0, 0.05) is 11.1 Å². The first-order valence-electron chi connectivity index (χ1n) is 5.79. The van der Waals surface area contributed by atoms with E-state index in [0.717, 1.165) is 0 Å². The van der Waals surface area contributed by atoms with Gasteiger partial charge in [-0.2, -0.15) is 0 Å². The van der Waals surface area contributed by atoms with Crippen molar-refractivity contribution in [1.29, 1.82) is 0 Å². The SMILES string of the molecule is CC(C)N(CC(=O)O)C(=O)COc1cccc(Cl)c1. The minimum atomic E-state index is -1.05. The molecule has 0 atom stereocenters. The molecule has 0 bridgehead atoms. The van der Waals surface area contributed by atoms with Crippen LogP contribution in [-0.2, 0) is 9.59 Å². The van der Waals surface area contributed by atoms with Gasteiger partial charge < -0.3 is 14.7 Å². The quantitative estimate of drug-likeness (QED) is 0.868. The van der Waals surface area contributed by atoms with Crippen molar-refractivity contribution >= 4 is 23.5 Å². The number of hydrogen-bond acceptors (Lipinski definition) is 3. The largest absolute Gasteiger partial charge is 0.484 e. The van der Waals surface area contributed by atoms with Gasteiger partial charge in [0.1, 0.15) is 12.3 Å². The molecular weight excluding hydrogens is 270 g/mol. The lowest BCUT2D eigenvalue weighted by Crippen LogP contribution is -2.43. The predicted molar refractivity (Wildman–Crippen MR) is 71.4 cm³/mol. The number of hydrogen-bond donors (Lipinski definition) is 1. The van der Waals surface area contributed by atoms with E-state index in [4.69, 9.17) is 21.4 Å². The molecule has 1 aromatic rings. The Morgan fingerprint density at radius 2 is 2.11 bits per heavy atom. The van der Waals surface area contributed by atoms with Gasteiger partial charge in [0.15, 0.2) is 6.61 Å². The highest BCUT2D eigenvalue weighted by Crippen LogP contribution is 2.17. The molecule has 0 unspecified atom stereocenters. The second-order valence-corrected chi connectivity index (χ2v) is 4.69. The van der Waals surface area contributed by atoms with E-state index in [0.29, 0.717) is 10.8 Å². The van der Waals surface area contributed by atoms with Gasteiger partial charge in [0.25, 0.3) is 5.91 Å². The normalized spacial score (nSPS) is 10.3. The molecule has 0 aliphatic carbocycles. The molecular formula is C13H16ClNO4. The highest BCUT2D eigenvalue weighted by Gasteiger charge is 2.20. The molecule has 0 aliphatic heterocycles. The number of amides is 1. The van der Waals surface area contributed by atoms with Crippen LogP contribution in [0.15, 0.2) is 24.3 Å². The van der Waals surface area contributed by atoms with Gasteiger partial charge >= 0.3 is 5.97 Å². The van der Waals surface area contributed by atoms with Crippen molar-refractivity contribution in [2.75, 3.05) is 13.2 Å². The summed E-state index contributed by atoms with van der Waals surface area (Å²) in [4.78, 5) is 23.8. The number of ether oxygens (including phenoxy) is 1. The van der Waals surface area contributed by atoms with E-state index in [9.17, 15) is 9.59 Å². The van der Waals surface area contributed by atoms with Crippen molar-refractivity contribution in [3.05, 3.63) is 29.3 Å². The summed E-state index contributed by atoms with van der Waals surface area (Å²) in [7, 11) is 0. The molecule has 0 aromatic heterocycles. The van der Waals surface area contributed by atoms with Crippen LogP contribution in [0.25, 0.3) is 0 Å². The highest BCUT2D eigenvalue weighted by atomic mass is 35.5. The molecule has 6 heteroatoms. The first-order chi connectivity index (χ1) is 8.90. The summed E-state index contributed by atoms with van der Waals surface area (Å²) in [6, 6.07) is 6.47. The number of carbonyl (C=O) groups excluding carboxylic acids is 1. The van der Waals surface area contributed by atoms with Crippen LogP contribution in [0.2, 0.25) is 5.02 Å². The van der Waals surface area contributed by atoms with Crippen molar-refractivity contribution in [3.8, 4) is 5.75 Å². The molecule has 5 nitrogen and oxygen atoms in total. The van der Waals surface area contributed by atoms with Gasteiger partial charge in [0.05, 0.1) is 0 Å². The average molecular weight is 286 g/mol. The van der Waals surface area contributed by atoms with E-state index in [2.05, 4.69) is 0 Å². The minimum Gasteiger partial charge on any atom is -0.484 e. The first kappa shape index (κ1) is 15.3. The molecule has 0 fully saturated rings. The van der Waals surface area contributed by atoms with Crippen LogP contribution in [0.3, 0.4) is 0 Å². The van der Waals surface area contributed by atoms with Crippen LogP contribution in [0.4, 0.5) is 0 Å². The first-order valence-corrected chi connectivity index (χ1v) is 6.17. The van der Waals surface area contributed by atoms with Gasteiger partial charge in [-0.1, -0.05) is 17.7 Å². The highest BCUT2D eigenvalue weighted by molar-refractivity contribution is 6.30. The third kappa shape index (κ3) is 5.18. The monoisotopic (exact) mass is 285 g/mol. The maximum atomic E-state index is 11.9. The maximum absolute atomic E-state index is 11.9.